The lowest BCUT2D eigenvalue weighted by molar-refractivity contribution is -0.132. The first-order valence-corrected chi connectivity index (χ1v) is 21.0. The van der Waals surface area contributed by atoms with Crippen molar-refractivity contribution in [3.05, 3.63) is 106 Å². The van der Waals surface area contributed by atoms with E-state index in [1.807, 2.05) is 56.3 Å². The molecule has 3 heterocycles. The highest BCUT2D eigenvalue weighted by Gasteiger charge is 2.43. The molecule has 1 N–H and O–H groups in total. The Labute approximate surface area is 322 Å². The molecule has 0 radical (unpaired) electrons. The molecular weight excluding hydrogens is 729 g/mol. The first-order chi connectivity index (χ1) is 26.0. The fourth-order valence-corrected chi connectivity index (χ4v) is 10.6. The molecule has 0 unspecified atom stereocenters. The summed E-state index contributed by atoms with van der Waals surface area (Å²) < 4.78 is 56.4. The fourth-order valence-electron chi connectivity index (χ4n) is 8.49. The van der Waals surface area contributed by atoms with Crippen LogP contribution in [0.3, 0.4) is 0 Å². The molecule has 9 nitrogen and oxygen atoms in total. The molecule has 54 heavy (non-hydrogen) atoms. The SMILES string of the molecule is CC[C@H]1CN2C[C@@]3(CCCc4cc(Cl)ccc43)COc3ccc(cc32)C(=O)N=[S@](=O)(NC(=O)[C@H]2Cc3ccccc3CO2)C[C@@H](C)C/C=C/[C@H](OC)[C@@H]1F. The second kappa shape index (κ2) is 16.1. The summed E-state index contributed by atoms with van der Waals surface area (Å²) >= 11 is 6.44. The van der Waals surface area contributed by atoms with Crippen LogP contribution in [-0.2, 0) is 49.0 Å². The summed E-state index contributed by atoms with van der Waals surface area (Å²) in [6, 6.07) is 18.8. The van der Waals surface area contributed by atoms with Crippen molar-refractivity contribution in [1.29, 1.82) is 0 Å². The number of rotatable bonds is 4. The minimum atomic E-state index is -3.63. The van der Waals surface area contributed by atoms with E-state index >= 15 is 4.39 Å². The highest BCUT2D eigenvalue weighted by Crippen LogP contribution is 2.45. The number of anilines is 1. The lowest BCUT2D eigenvalue weighted by Crippen LogP contribution is -2.48. The van der Waals surface area contributed by atoms with Crippen LogP contribution in [-0.4, -0.2) is 67.0 Å². The third-order valence-corrected chi connectivity index (χ3v) is 13.7. The van der Waals surface area contributed by atoms with Crippen LogP contribution >= 0.6 is 11.6 Å². The number of allylic oxidation sites excluding steroid dienone is 1. The van der Waals surface area contributed by atoms with Gasteiger partial charge in [-0.2, -0.15) is 0 Å². The number of carbonyl (C=O) groups is 2. The maximum Gasteiger partial charge on any atom is 0.286 e. The van der Waals surface area contributed by atoms with Crippen molar-refractivity contribution in [3.8, 4) is 5.75 Å². The number of ether oxygens (including phenoxy) is 3. The first kappa shape index (κ1) is 38.5. The Morgan fingerprint density at radius 2 is 1.96 bits per heavy atom. The average Bonchev–Trinajstić information content (AvgIpc) is 3.31. The van der Waals surface area contributed by atoms with E-state index in [2.05, 4.69) is 20.1 Å². The second-order valence-corrected chi connectivity index (χ2v) is 17.7. The van der Waals surface area contributed by atoms with Crippen molar-refractivity contribution in [2.75, 3.05) is 37.5 Å². The van der Waals surface area contributed by atoms with Gasteiger partial charge in [0.1, 0.15) is 34.0 Å². The van der Waals surface area contributed by atoms with Crippen molar-refractivity contribution in [1.82, 2.24) is 4.72 Å². The minimum Gasteiger partial charge on any atom is -0.490 e. The molecule has 7 rings (SSSR count). The van der Waals surface area contributed by atoms with Crippen molar-refractivity contribution < 1.29 is 32.4 Å². The lowest BCUT2D eigenvalue weighted by atomic mass is 9.70. The van der Waals surface area contributed by atoms with E-state index in [-0.39, 0.29) is 23.8 Å². The molecule has 3 aliphatic heterocycles. The van der Waals surface area contributed by atoms with E-state index in [4.69, 9.17) is 25.8 Å². The van der Waals surface area contributed by atoms with Gasteiger partial charge in [-0.1, -0.05) is 67.9 Å². The number of nitrogens with zero attached hydrogens (tertiary/aromatic N) is 2. The molecule has 3 aromatic carbocycles. The Morgan fingerprint density at radius 3 is 2.76 bits per heavy atom. The molecule has 12 heteroatoms. The Hall–Kier alpha value is -3.77. The number of halogens is 2. The number of fused-ring (bicyclic) bond motifs is 4. The van der Waals surface area contributed by atoms with Crippen LogP contribution in [0.4, 0.5) is 10.1 Å². The van der Waals surface area contributed by atoms with E-state index < -0.39 is 51.4 Å². The predicted molar refractivity (Wildman–Crippen MR) is 209 cm³/mol. The molecular formula is C42H49ClFN3O6S. The van der Waals surface area contributed by atoms with E-state index in [1.54, 1.807) is 24.3 Å². The van der Waals surface area contributed by atoms with E-state index in [0.717, 1.165) is 30.4 Å². The zero-order valence-corrected chi connectivity index (χ0v) is 32.7. The molecule has 1 spiro atoms. The van der Waals surface area contributed by atoms with Crippen LogP contribution in [0.2, 0.25) is 5.02 Å². The van der Waals surface area contributed by atoms with Gasteiger partial charge < -0.3 is 19.1 Å². The van der Waals surface area contributed by atoms with Crippen molar-refractivity contribution in [3.63, 3.8) is 0 Å². The van der Waals surface area contributed by atoms with Crippen LogP contribution in [0.1, 0.15) is 72.1 Å². The summed E-state index contributed by atoms with van der Waals surface area (Å²) in [5, 5.41) is 0.685. The molecule has 0 fully saturated rings. The zero-order valence-electron chi connectivity index (χ0n) is 31.1. The topological polar surface area (TPSA) is 107 Å². The molecule has 0 saturated heterocycles. The molecule has 1 aliphatic carbocycles. The summed E-state index contributed by atoms with van der Waals surface area (Å²) in [6.07, 6.45) is 4.52. The van der Waals surface area contributed by atoms with Gasteiger partial charge in [0.05, 0.1) is 24.7 Å². The Balaban J connectivity index is 1.28. The van der Waals surface area contributed by atoms with Gasteiger partial charge in [-0.3, -0.25) is 14.3 Å². The predicted octanol–water partition coefficient (Wildman–Crippen LogP) is 7.57. The van der Waals surface area contributed by atoms with E-state index in [1.165, 1.54) is 18.2 Å². The quantitative estimate of drug-likeness (QED) is 0.273. The highest BCUT2D eigenvalue weighted by atomic mass is 35.5. The monoisotopic (exact) mass is 777 g/mol. The van der Waals surface area contributed by atoms with Gasteiger partial charge in [0.15, 0.2) is 0 Å². The van der Waals surface area contributed by atoms with Crippen LogP contribution in [0.25, 0.3) is 0 Å². The summed E-state index contributed by atoms with van der Waals surface area (Å²) in [5.41, 5.74) is 4.74. The lowest BCUT2D eigenvalue weighted by Gasteiger charge is -2.42. The first-order valence-electron chi connectivity index (χ1n) is 18.9. The molecule has 2 amide bonds. The number of carbonyl (C=O) groups excluding carboxylic acids is 2. The molecule has 0 aromatic heterocycles. The average molecular weight is 778 g/mol. The van der Waals surface area contributed by atoms with Crippen LogP contribution in [0.5, 0.6) is 5.75 Å². The van der Waals surface area contributed by atoms with E-state index in [0.29, 0.717) is 55.4 Å². The Morgan fingerprint density at radius 1 is 1.15 bits per heavy atom. The zero-order chi connectivity index (χ0) is 38.0. The normalized spacial score (nSPS) is 30.6. The highest BCUT2D eigenvalue weighted by molar-refractivity contribution is 7.92. The van der Waals surface area contributed by atoms with Crippen molar-refractivity contribution >= 4 is 39.0 Å². The second-order valence-electron chi connectivity index (χ2n) is 15.3. The molecule has 4 aliphatic rings. The van der Waals surface area contributed by atoms with Gasteiger partial charge in [-0.05, 0) is 90.6 Å². The van der Waals surface area contributed by atoms with Crippen LogP contribution in [0, 0.1) is 11.8 Å². The van der Waals surface area contributed by atoms with Gasteiger partial charge in [-0.15, -0.1) is 4.36 Å². The third kappa shape index (κ3) is 8.10. The minimum absolute atomic E-state index is 0.0987. The summed E-state index contributed by atoms with van der Waals surface area (Å²) in [6.45, 7) is 5.35. The van der Waals surface area contributed by atoms with Gasteiger partial charge in [0.2, 0.25) is 0 Å². The number of benzene rings is 3. The number of hydrogen-bond donors (Lipinski definition) is 1. The Kier molecular flexibility index (Phi) is 11.5. The van der Waals surface area contributed by atoms with E-state index in [9.17, 15) is 13.8 Å². The summed E-state index contributed by atoms with van der Waals surface area (Å²) in [4.78, 5) is 29.9. The van der Waals surface area contributed by atoms with Gasteiger partial charge in [0.25, 0.3) is 11.8 Å². The van der Waals surface area contributed by atoms with Crippen molar-refractivity contribution in [2.24, 2.45) is 16.2 Å². The number of amides is 2. The number of hydrogen-bond acceptors (Lipinski definition) is 7. The van der Waals surface area contributed by atoms with Gasteiger partial charge >= 0.3 is 0 Å². The smallest absolute Gasteiger partial charge is 0.286 e. The summed E-state index contributed by atoms with van der Waals surface area (Å²) in [7, 11) is -2.12. The molecule has 288 valence electrons. The molecule has 2 bridgehead atoms. The molecule has 3 aromatic rings. The molecule has 7 atom stereocenters. The fraction of sp³-hybridized carbons (Fsp3) is 0.476. The number of aryl methyl sites for hydroxylation is 1. The van der Waals surface area contributed by atoms with Crippen LogP contribution < -0.4 is 14.4 Å². The summed E-state index contributed by atoms with van der Waals surface area (Å²) in [5.74, 6) is -1.54. The van der Waals surface area contributed by atoms with Crippen LogP contribution in [0.15, 0.2) is 77.2 Å². The maximum atomic E-state index is 16.6. The number of methoxy groups -OCH3 is 1. The van der Waals surface area contributed by atoms with Gasteiger partial charge in [-0.25, -0.2) is 8.60 Å². The maximum absolute atomic E-state index is 16.6. The Bertz CT molecular complexity index is 2050. The largest absolute Gasteiger partial charge is 0.490 e. The standard InChI is InChI=1S/C42H49ClFN3O6S/c1-4-28-22-47-25-42(18-8-12-30-19-33(43)15-16-34(30)42)26-53-36-17-14-31(20-35(36)47)40(48)45-54(50,24-27(2)9-7-13-37(51-3)39(28)44)46-41(49)38-21-29-10-5-6-11-32(29)23-52-38/h5-7,10-11,13-17,19-20,27-28,37-39H,4,8-9,12,18,21-26H2,1-3H3,(H,45,46,48,49,50)/b13-7+/t27-,28-,37-,38+,39+,42-,54-/m0/s1. The number of nitrogens with one attached hydrogen (secondary N) is 1. The number of alkyl halides is 1. The van der Waals surface area contributed by atoms with Crippen molar-refractivity contribution in [2.45, 2.75) is 82.8 Å². The van der Waals surface area contributed by atoms with Gasteiger partial charge in [0, 0.05) is 48.5 Å². The third-order valence-electron chi connectivity index (χ3n) is 11.4. The molecule has 0 saturated carbocycles.